The number of hydrogen-bond acceptors (Lipinski definition) is 7. The van der Waals surface area contributed by atoms with Crippen molar-refractivity contribution in [3.8, 4) is 0 Å². The zero-order valence-electron chi connectivity index (χ0n) is 10.2. The van der Waals surface area contributed by atoms with Gasteiger partial charge in [0.15, 0.2) is 4.60 Å². The van der Waals surface area contributed by atoms with Crippen LogP contribution in [0.1, 0.15) is 0 Å². The van der Waals surface area contributed by atoms with Crippen LogP contribution in [0.3, 0.4) is 0 Å². The summed E-state index contributed by atoms with van der Waals surface area (Å²) in [5.41, 5.74) is -0.533. The maximum Gasteiger partial charge on any atom is 0.312 e. The molecule has 21 heavy (non-hydrogen) atoms. The van der Waals surface area contributed by atoms with Crippen LogP contribution < -0.4 is 4.72 Å². The molecule has 2 heterocycles. The van der Waals surface area contributed by atoms with Crippen LogP contribution in [-0.4, -0.2) is 33.3 Å². The summed E-state index contributed by atoms with van der Waals surface area (Å²) in [5.74, 6) is -0.499. The number of nitrogens with one attached hydrogen (secondary N) is 1. The second-order valence-electron chi connectivity index (χ2n) is 3.67. The molecule has 1 N–H and O–H groups in total. The van der Waals surface area contributed by atoms with Gasteiger partial charge in [0.25, 0.3) is 10.0 Å². The van der Waals surface area contributed by atoms with E-state index >= 15 is 0 Å². The first-order valence-electron chi connectivity index (χ1n) is 5.11. The van der Waals surface area contributed by atoms with Crippen molar-refractivity contribution in [1.29, 1.82) is 0 Å². The summed E-state index contributed by atoms with van der Waals surface area (Å²) >= 11 is 8.56. The molecule has 0 aliphatic heterocycles. The molecule has 0 aliphatic rings. The molecule has 0 spiro atoms. The minimum Gasteiger partial charge on any atom is -0.258 e. The highest BCUT2D eigenvalue weighted by atomic mass is 79.9. The molecule has 2 aromatic heterocycles. The van der Waals surface area contributed by atoms with Gasteiger partial charge in [-0.05, 0) is 22.0 Å². The first kappa shape index (κ1) is 15.6. The minimum absolute atomic E-state index is 0.0396. The number of hydrogen-bond donors (Lipinski definition) is 1. The number of aromatic nitrogens is 4. The normalized spacial score (nSPS) is 11.4. The zero-order chi connectivity index (χ0) is 15.8. The van der Waals surface area contributed by atoms with Crippen molar-refractivity contribution in [1.82, 2.24) is 20.0 Å². The third-order valence-corrected chi connectivity index (χ3v) is 4.70. The molecule has 112 valence electrons. The number of pyridine rings is 1. The number of halogens is 2. The standard InChI is InChI=1S/C8H6BrClN6O4S/c1-15-8(6(9)12-14-15)21(19,20)13-7-4(16(17)18)2-3-5(10)11-7/h2-3H,1H3,(H,11,13). The lowest BCUT2D eigenvalue weighted by Crippen LogP contribution is -2.18. The second kappa shape index (κ2) is 5.54. The van der Waals surface area contributed by atoms with Crippen molar-refractivity contribution in [2.75, 3.05) is 4.72 Å². The Morgan fingerprint density at radius 2 is 2.14 bits per heavy atom. The number of aryl methyl sites for hydroxylation is 1. The molecule has 0 amide bonds. The molecule has 10 nitrogen and oxygen atoms in total. The predicted octanol–water partition coefficient (Wildman–Crippen LogP) is 1.33. The van der Waals surface area contributed by atoms with Crippen LogP contribution >= 0.6 is 27.5 Å². The van der Waals surface area contributed by atoms with Gasteiger partial charge in [0.05, 0.1) is 4.92 Å². The van der Waals surface area contributed by atoms with E-state index in [0.717, 1.165) is 10.7 Å². The molecule has 0 aliphatic carbocycles. The first-order valence-corrected chi connectivity index (χ1v) is 7.76. The summed E-state index contributed by atoms with van der Waals surface area (Å²) in [4.78, 5) is 13.7. The van der Waals surface area contributed by atoms with Gasteiger partial charge in [-0.15, -0.1) is 5.10 Å². The quantitative estimate of drug-likeness (QED) is 0.467. The molecule has 0 aromatic carbocycles. The molecule has 0 bridgehead atoms. The van der Waals surface area contributed by atoms with E-state index in [1.54, 1.807) is 0 Å². The molecular formula is C8H6BrClN6O4S. The Hall–Kier alpha value is -1.79. The molecule has 0 fully saturated rings. The van der Waals surface area contributed by atoms with E-state index in [9.17, 15) is 18.5 Å². The molecular weight excluding hydrogens is 392 g/mol. The average molecular weight is 398 g/mol. The van der Waals surface area contributed by atoms with Crippen molar-refractivity contribution in [2.24, 2.45) is 7.05 Å². The summed E-state index contributed by atoms with van der Waals surface area (Å²) in [6, 6.07) is 2.22. The van der Waals surface area contributed by atoms with E-state index in [4.69, 9.17) is 11.6 Å². The SMILES string of the molecule is Cn1nnc(Br)c1S(=O)(=O)Nc1nc(Cl)ccc1[N+](=O)[O-]. The van der Waals surface area contributed by atoms with Gasteiger partial charge in [-0.25, -0.2) is 9.67 Å². The summed E-state index contributed by atoms with van der Waals surface area (Å²) in [7, 11) is -2.84. The van der Waals surface area contributed by atoms with Crippen LogP contribution in [-0.2, 0) is 17.1 Å². The molecule has 0 atom stereocenters. The zero-order valence-corrected chi connectivity index (χ0v) is 13.3. The lowest BCUT2D eigenvalue weighted by atomic mass is 10.4. The molecule has 13 heteroatoms. The topological polar surface area (TPSA) is 133 Å². The van der Waals surface area contributed by atoms with Crippen LogP contribution in [0.4, 0.5) is 11.5 Å². The van der Waals surface area contributed by atoms with Gasteiger partial charge in [-0.1, -0.05) is 16.8 Å². The van der Waals surface area contributed by atoms with E-state index in [2.05, 4.69) is 31.2 Å². The summed E-state index contributed by atoms with van der Waals surface area (Å²) < 4.78 is 27.4. The average Bonchev–Trinajstić information content (AvgIpc) is 2.68. The van der Waals surface area contributed by atoms with Crippen molar-refractivity contribution in [3.05, 3.63) is 32.0 Å². The summed E-state index contributed by atoms with van der Waals surface area (Å²) in [6.45, 7) is 0. The van der Waals surface area contributed by atoms with Gasteiger partial charge in [0.2, 0.25) is 10.8 Å². The number of anilines is 1. The van der Waals surface area contributed by atoms with E-state index in [1.165, 1.54) is 13.1 Å². The van der Waals surface area contributed by atoms with E-state index in [-0.39, 0.29) is 14.8 Å². The van der Waals surface area contributed by atoms with Crippen molar-refractivity contribution in [2.45, 2.75) is 5.03 Å². The third-order valence-electron chi connectivity index (χ3n) is 2.26. The Morgan fingerprint density at radius 3 is 2.67 bits per heavy atom. The maximum absolute atomic E-state index is 12.2. The van der Waals surface area contributed by atoms with Crippen LogP contribution in [0, 0.1) is 10.1 Å². The van der Waals surface area contributed by atoms with Crippen LogP contribution in [0.2, 0.25) is 5.15 Å². The van der Waals surface area contributed by atoms with Crippen LogP contribution in [0.15, 0.2) is 21.8 Å². The monoisotopic (exact) mass is 396 g/mol. The molecule has 2 aromatic rings. The van der Waals surface area contributed by atoms with E-state index < -0.39 is 26.5 Å². The van der Waals surface area contributed by atoms with Gasteiger partial charge in [-0.2, -0.15) is 8.42 Å². The predicted molar refractivity (Wildman–Crippen MR) is 75.4 cm³/mol. The van der Waals surface area contributed by atoms with Gasteiger partial charge >= 0.3 is 5.69 Å². The molecule has 0 saturated heterocycles. The highest BCUT2D eigenvalue weighted by molar-refractivity contribution is 9.10. The molecule has 2 rings (SSSR count). The lowest BCUT2D eigenvalue weighted by molar-refractivity contribution is -0.384. The lowest BCUT2D eigenvalue weighted by Gasteiger charge is -2.07. The first-order chi connectivity index (χ1) is 9.72. The van der Waals surface area contributed by atoms with Crippen molar-refractivity contribution >= 4 is 49.1 Å². The van der Waals surface area contributed by atoms with Gasteiger partial charge in [0, 0.05) is 13.1 Å². The van der Waals surface area contributed by atoms with Crippen molar-refractivity contribution in [3.63, 3.8) is 0 Å². The van der Waals surface area contributed by atoms with E-state index in [1.807, 2.05) is 4.72 Å². The fourth-order valence-electron chi connectivity index (χ4n) is 1.43. The molecule has 0 radical (unpaired) electrons. The number of nitrogens with zero attached hydrogens (tertiary/aromatic N) is 5. The highest BCUT2D eigenvalue weighted by Crippen LogP contribution is 2.27. The maximum atomic E-state index is 12.2. The Labute approximate surface area is 131 Å². The van der Waals surface area contributed by atoms with Gasteiger partial charge < -0.3 is 0 Å². The largest absolute Gasteiger partial charge is 0.312 e. The molecule has 0 unspecified atom stereocenters. The van der Waals surface area contributed by atoms with Crippen molar-refractivity contribution < 1.29 is 13.3 Å². The fraction of sp³-hybridized carbons (Fsp3) is 0.125. The minimum atomic E-state index is -4.19. The Bertz CT molecular complexity index is 803. The van der Waals surface area contributed by atoms with Crippen LogP contribution in [0.25, 0.3) is 0 Å². The molecule has 0 saturated carbocycles. The number of rotatable bonds is 4. The Balaban J connectivity index is 2.51. The third kappa shape index (κ3) is 3.11. The van der Waals surface area contributed by atoms with E-state index in [0.29, 0.717) is 0 Å². The van der Waals surface area contributed by atoms with Gasteiger partial charge in [-0.3, -0.25) is 14.8 Å². The summed E-state index contributed by atoms with van der Waals surface area (Å²) in [6.07, 6.45) is 0. The Kier molecular flexibility index (Phi) is 4.11. The fourth-order valence-corrected chi connectivity index (χ4v) is 3.70. The smallest absolute Gasteiger partial charge is 0.258 e. The second-order valence-corrected chi connectivity index (χ2v) is 6.41. The number of sulfonamides is 1. The number of nitro groups is 1. The van der Waals surface area contributed by atoms with Crippen LogP contribution in [0.5, 0.6) is 0 Å². The summed E-state index contributed by atoms with van der Waals surface area (Å²) in [5, 5.41) is 17.5. The highest BCUT2D eigenvalue weighted by Gasteiger charge is 2.28. The van der Waals surface area contributed by atoms with Gasteiger partial charge in [0.1, 0.15) is 5.15 Å². The Morgan fingerprint density at radius 1 is 1.48 bits per heavy atom.